The van der Waals surface area contributed by atoms with Crippen LogP contribution in [0.15, 0.2) is 60.9 Å². The minimum Gasteiger partial charge on any atom is -0.423 e. The number of esters is 1. The fourth-order valence-corrected chi connectivity index (χ4v) is 3.73. The Morgan fingerprint density at radius 1 is 0.848 bits per heavy atom. The van der Waals surface area contributed by atoms with Gasteiger partial charge in [0.15, 0.2) is 5.82 Å². The first-order valence-electron chi connectivity index (χ1n) is 12.3. The van der Waals surface area contributed by atoms with Crippen LogP contribution in [-0.2, 0) is 12.8 Å². The fraction of sp³-hybridized carbons (Fsp3) is 0.414. The van der Waals surface area contributed by atoms with Crippen molar-refractivity contribution in [1.82, 2.24) is 9.97 Å². The first-order chi connectivity index (χ1) is 16.1. The molecule has 0 aliphatic carbocycles. The third kappa shape index (κ3) is 7.81. The molecular formula is C29H36N2O2. The van der Waals surface area contributed by atoms with E-state index in [0.717, 1.165) is 24.8 Å². The van der Waals surface area contributed by atoms with Crippen molar-refractivity contribution in [2.45, 2.75) is 72.1 Å². The van der Waals surface area contributed by atoms with Crippen molar-refractivity contribution in [1.29, 1.82) is 0 Å². The molecular weight excluding hydrogens is 408 g/mol. The second-order valence-electron chi connectivity index (χ2n) is 8.91. The highest BCUT2D eigenvalue weighted by Gasteiger charge is 2.10. The molecule has 0 aliphatic rings. The van der Waals surface area contributed by atoms with Gasteiger partial charge in [-0.1, -0.05) is 77.1 Å². The Morgan fingerprint density at radius 2 is 1.52 bits per heavy atom. The third-order valence-electron chi connectivity index (χ3n) is 6.07. The van der Waals surface area contributed by atoms with Crippen molar-refractivity contribution >= 4 is 5.97 Å². The summed E-state index contributed by atoms with van der Waals surface area (Å²) < 4.78 is 5.54. The average molecular weight is 445 g/mol. The minimum atomic E-state index is -0.365. The van der Waals surface area contributed by atoms with E-state index in [-0.39, 0.29) is 5.97 Å². The van der Waals surface area contributed by atoms with Crippen LogP contribution in [0.5, 0.6) is 5.75 Å². The second kappa shape index (κ2) is 12.9. The van der Waals surface area contributed by atoms with Crippen LogP contribution in [0.2, 0.25) is 0 Å². The van der Waals surface area contributed by atoms with Gasteiger partial charge < -0.3 is 4.74 Å². The molecule has 0 radical (unpaired) electrons. The van der Waals surface area contributed by atoms with Crippen LogP contribution in [-0.4, -0.2) is 15.9 Å². The predicted molar refractivity (Wildman–Crippen MR) is 134 cm³/mol. The maximum Gasteiger partial charge on any atom is 0.343 e. The van der Waals surface area contributed by atoms with Crippen molar-refractivity contribution in [3.8, 4) is 17.1 Å². The molecule has 3 aromatic rings. The fourth-order valence-electron chi connectivity index (χ4n) is 3.73. The van der Waals surface area contributed by atoms with Gasteiger partial charge >= 0.3 is 5.97 Å². The van der Waals surface area contributed by atoms with Crippen molar-refractivity contribution < 1.29 is 9.53 Å². The van der Waals surface area contributed by atoms with Crippen LogP contribution in [0, 0.1) is 5.92 Å². The molecule has 1 aromatic heterocycles. The smallest absolute Gasteiger partial charge is 0.343 e. The molecule has 0 unspecified atom stereocenters. The standard InChI is InChI=1S/C29H36N2O2/c1-4-6-7-8-9-10-24-20-30-28(31-21-24)25-13-15-26(16-14-25)29(32)33-27-17-11-23(12-18-27)19-22(3)5-2/h11-18,20-22H,4-10,19H2,1-3H3/t22-/m0/s1. The molecule has 0 saturated carbocycles. The molecule has 3 rings (SSSR count). The van der Waals surface area contributed by atoms with Crippen molar-refractivity contribution in [2.24, 2.45) is 5.92 Å². The van der Waals surface area contributed by atoms with Gasteiger partial charge in [-0.3, -0.25) is 0 Å². The SMILES string of the molecule is CCCCCCCc1cnc(-c2ccc(C(=O)Oc3ccc(C[C@@H](C)CC)cc3)cc2)nc1. The lowest BCUT2D eigenvalue weighted by molar-refractivity contribution is 0.0734. The van der Waals surface area contributed by atoms with E-state index in [4.69, 9.17) is 4.74 Å². The highest BCUT2D eigenvalue weighted by Crippen LogP contribution is 2.20. The summed E-state index contributed by atoms with van der Waals surface area (Å²) in [4.78, 5) is 21.6. The number of aromatic nitrogens is 2. The number of hydrogen-bond donors (Lipinski definition) is 0. The summed E-state index contributed by atoms with van der Waals surface area (Å²) in [6.07, 6.45) is 13.3. The molecule has 0 aliphatic heterocycles. The minimum absolute atomic E-state index is 0.365. The Balaban J connectivity index is 1.53. The summed E-state index contributed by atoms with van der Waals surface area (Å²) in [7, 11) is 0. The topological polar surface area (TPSA) is 52.1 Å². The van der Waals surface area contributed by atoms with E-state index < -0.39 is 0 Å². The quantitative estimate of drug-likeness (QED) is 0.165. The largest absolute Gasteiger partial charge is 0.423 e. The van der Waals surface area contributed by atoms with Gasteiger partial charge in [-0.05, 0) is 60.6 Å². The summed E-state index contributed by atoms with van der Waals surface area (Å²) in [6, 6.07) is 15.1. The molecule has 33 heavy (non-hydrogen) atoms. The number of benzene rings is 2. The van der Waals surface area contributed by atoms with E-state index in [1.807, 2.05) is 48.8 Å². The lowest BCUT2D eigenvalue weighted by Crippen LogP contribution is -2.08. The lowest BCUT2D eigenvalue weighted by Gasteiger charge is -2.09. The molecule has 174 valence electrons. The Hall–Kier alpha value is -3.01. The number of unbranched alkanes of at least 4 members (excludes halogenated alkanes) is 4. The maximum absolute atomic E-state index is 12.5. The molecule has 0 saturated heterocycles. The Kier molecular flexibility index (Phi) is 9.61. The average Bonchev–Trinajstić information content (AvgIpc) is 2.85. The molecule has 1 heterocycles. The van der Waals surface area contributed by atoms with Crippen LogP contribution in [0.3, 0.4) is 0 Å². The normalized spacial score (nSPS) is 11.8. The van der Waals surface area contributed by atoms with Crippen LogP contribution >= 0.6 is 0 Å². The molecule has 0 N–H and O–H groups in total. The first-order valence-corrected chi connectivity index (χ1v) is 12.3. The second-order valence-corrected chi connectivity index (χ2v) is 8.91. The zero-order valence-electron chi connectivity index (χ0n) is 20.2. The van der Waals surface area contributed by atoms with E-state index in [1.165, 1.54) is 43.2 Å². The lowest BCUT2D eigenvalue weighted by atomic mass is 9.99. The van der Waals surface area contributed by atoms with Gasteiger partial charge in [0.05, 0.1) is 5.56 Å². The number of nitrogens with zero attached hydrogens (tertiary/aromatic N) is 2. The number of carbonyl (C=O) groups excluding carboxylic acids is 1. The van der Waals surface area contributed by atoms with Gasteiger partial charge in [0.25, 0.3) is 0 Å². The molecule has 0 bridgehead atoms. The van der Waals surface area contributed by atoms with E-state index in [2.05, 4.69) is 30.7 Å². The summed E-state index contributed by atoms with van der Waals surface area (Å²) in [5.41, 5.74) is 3.82. The van der Waals surface area contributed by atoms with E-state index in [0.29, 0.717) is 23.1 Å². The first kappa shape index (κ1) is 24.6. The number of aryl methyl sites for hydroxylation is 1. The number of hydrogen-bond acceptors (Lipinski definition) is 4. The van der Waals surface area contributed by atoms with Crippen LogP contribution in [0.4, 0.5) is 0 Å². The monoisotopic (exact) mass is 444 g/mol. The molecule has 2 aromatic carbocycles. The molecule has 0 spiro atoms. The van der Waals surface area contributed by atoms with Gasteiger partial charge in [0, 0.05) is 18.0 Å². The van der Waals surface area contributed by atoms with Gasteiger partial charge in [0.1, 0.15) is 5.75 Å². The summed E-state index contributed by atoms with van der Waals surface area (Å²) in [5, 5.41) is 0. The van der Waals surface area contributed by atoms with E-state index in [9.17, 15) is 4.79 Å². The van der Waals surface area contributed by atoms with Crippen LogP contribution < -0.4 is 4.74 Å². The molecule has 1 atom stereocenters. The molecule has 0 fully saturated rings. The summed E-state index contributed by atoms with van der Waals surface area (Å²) >= 11 is 0. The van der Waals surface area contributed by atoms with Crippen molar-refractivity contribution in [3.05, 3.63) is 77.6 Å². The highest BCUT2D eigenvalue weighted by atomic mass is 16.5. The highest BCUT2D eigenvalue weighted by molar-refractivity contribution is 5.91. The van der Waals surface area contributed by atoms with Crippen LogP contribution in [0.25, 0.3) is 11.4 Å². The molecule has 4 heteroatoms. The number of ether oxygens (including phenoxy) is 1. The number of rotatable bonds is 12. The zero-order valence-corrected chi connectivity index (χ0v) is 20.2. The van der Waals surface area contributed by atoms with Crippen molar-refractivity contribution in [3.63, 3.8) is 0 Å². The van der Waals surface area contributed by atoms with Gasteiger partial charge in [-0.15, -0.1) is 0 Å². The zero-order chi connectivity index (χ0) is 23.5. The van der Waals surface area contributed by atoms with E-state index in [1.54, 1.807) is 12.1 Å². The Bertz CT molecular complexity index is 980. The van der Waals surface area contributed by atoms with Gasteiger partial charge in [-0.25, -0.2) is 14.8 Å². The maximum atomic E-state index is 12.5. The summed E-state index contributed by atoms with van der Waals surface area (Å²) in [6.45, 7) is 6.67. The number of carbonyl (C=O) groups is 1. The molecule has 4 nitrogen and oxygen atoms in total. The van der Waals surface area contributed by atoms with Crippen molar-refractivity contribution in [2.75, 3.05) is 0 Å². The predicted octanol–water partition coefficient (Wildman–Crippen LogP) is 7.46. The van der Waals surface area contributed by atoms with Gasteiger partial charge in [0.2, 0.25) is 0 Å². The summed E-state index contributed by atoms with van der Waals surface area (Å²) in [5.74, 6) is 1.51. The Labute approximate surface area is 198 Å². The van der Waals surface area contributed by atoms with Gasteiger partial charge in [-0.2, -0.15) is 0 Å². The Morgan fingerprint density at radius 3 is 2.15 bits per heavy atom. The van der Waals surface area contributed by atoms with E-state index >= 15 is 0 Å². The molecule has 0 amide bonds. The third-order valence-corrected chi connectivity index (χ3v) is 6.07. The van der Waals surface area contributed by atoms with Crippen LogP contribution in [0.1, 0.15) is 80.8 Å².